The van der Waals surface area contributed by atoms with Gasteiger partial charge in [0, 0.05) is 5.56 Å². The van der Waals surface area contributed by atoms with Gasteiger partial charge in [-0.1, -0.05) is 12.1 Å². The third-order valence-corrected chi connectivity index (χ3v) is 3.15. The molecule has 2 nitrogen and oxygen atoms in total. The molecule has 0 aliphatic rings. The molecule has 0 bridgehead atoms. The number of carbonyl (C=O) groups is 1. The monoisotopic (exact) mass is 362 g/mol. The summed E-state index contributed by atoms with van der Waals surface area (Å²) in [5.74, 6) is -1.88. The van der Waals surface area contributed by atoms with Crippen LogP contribution in [0, 0.1) is 5.82 Å². The summed E-state index contributed by atoms with van der Waals surface area (Å²) in [6.07, 6.45) is -4.90. The van der Waals surface area contributed by atoms with Gasteiger partial charge in [0.05, 0.1) is 10.0 Å². The van der Waals surface area contributed by atoms with Crippen molar-refractivity contribution in [2.45, 2.75) is 6.36 Å². The number of benzene rings is 2. The quantitative estimate of drug-likeness (QED) is 0.583. The van der Waals surface area contributed by atoms with E-state index < -0.39 is 23.7 Å². The molecule has 21 heavy (non-hydrogen) atoms. The largest absolute Gasteiger partial charge is 0.573 e. The zero-order chi connectivity index (χ0) is 15.6. The lowest BCUT2D eigenvalue weighted by atomic mass is 10.0. The van der Waals surface area contributed by atoms with Gasteiger partial charge in [-0.2, -0.15) is 0 Å². The molecule has 0 spiro atoms. The van der Waals surface area contributed by atoms with Crippen LogP contribution in [0.4, 0.5) is 17.6 Å². The van der Waals surface area contributed by atoms with E-state index in [1.54, 1.807) is 0 Å². The Morgan fingerprint density at radius 2 is 1.76 bits per heavy atom. The van der Waals surface area contributed by atoms with Gasteiger partial charge in [-0.15, -0.1) is 13.2 Å². The van der Waals surface area contributed by atoms with E-state index in [0.717, 1.165) is 12.1 Å². The lowest BCUT2D eigenvalue weighted by molar-refractivity contribution is -0.274. The van der Waals surface area contributed by atoms with Crippen LogP contribution in [0.5, 0.6) is 5.75 Å². The van der Waals surface area contributed by atoms with Crippen LogP contribution in [0.25, 0.3) is 0 Å². The molecule has 0 heterocycles. The number of hydrogen-bond donors (Lipinski definition) is 0. The Labute approximate surface area is 125 Å². The van der Waals surface area contributed by atoms with E-state index in [-0.39, 0.29) is 15.6 Å². The number of ketones is 1. The standard InChI is InChI=1S/C14H7BrF4O2/c15-10-7-8(5-6-11(10)16)13(20)9-3-1-2-4-12(9)21-14(17,18)19/h1-7H. The van der Waals surface area contributed by atoms with Crippen LogP contribution in [0.3, 0.4) is 0 Å². The normalized spacial score (nSPS) is 11.3. The predicted octanol–water partition coefficient (Wildman–Crippen LogP) is 4.72. The van der Waals surface area contributed by atoms with Gasteiger partial charge < -0.3 is 4.74 Å². The average Bonchev–Trinajstić information content (AvgIpc) is 2.40. The van der Waals surface area contributed by atoms with Crippen molar-refractivity contribution in [3.05, 3.63) is 63.9 Å². The molecule has 7 heteroatoms. The molecule has 2 aromatic rings. The zero-order valence-corrected chi connectivity index (χ0v) is 11.8. The molecule has 110 valence electrons. The minimum Gasteiger partial charge on any atom is -0.405 e. The van der Waals surface area contributed by atoms with Gasteiger partial charge in [0.1, 0.15) is 11.6 Å². The molecule has 0 fully saturated rings. The summed E-state index contributed by atoms with van der Waals surface area (Å²) in [5.41, 5.74) is -0.213. The van der Waals surface area contributed by atoms with Crippen molar-refractivity contribution in [2.75, 3.05) is 0 Å². The fourth-order valence-corrected chi connectivity index (χ4v) is 2.04. The van der Waals surface area contributed by atoms with Crippen molar-refractivity contribution in [1.29, 1.82) is 0 Å². The smallest absolute Gasteiger partial charge is 0.405 e. The Balaban J connectivity index is 2.41. The van der Waals surface area contributed by atoms with E-state index >= 15 is 0 Å². The first-order chi connectivity index (χ1) is 9.78. The molecule has 0 atom stereocenters. The van der Waals surface area contributed by atoms with E-state index in [4.69, 9.17) is 0 Å². The SMILES string of the molecule is O=C(c1ccc(F)c(Br)c1)c1ccccc1OC(F)(F)F. The van der Waals surface area contributed by atoms with E-state index in [9.17, 15) is 22.4 Å². The van der Waals surface area contributed by atoms with Crippen LogP contribution >= 0.6 is 15.9 Å². The second-order valence-corrected chi connectivity index (χ2v) is 4.86. The van der Waals surface area contributed by atoms with Crippen LogP contribution in [-0.2, 0) is 0 Å². The molecule has 0 aliphatic heterocycles. The lowest BCUT2D eigenvalue weighted by Gasteiger charge is -2.12. The fourth-order valence-electron chi connectivity index (χ4n) is 1.66. The minimum atomic E-state index is -4.90. The Morgan fingerprint density at radius 1 is 1.10 bits per heavy atom. The van der Waals surface area contributed by atoms with Gasteiger partial charge in [0.15, 0.2) is 5.78 Å². The molecular formula is C14H7BrF4O2. The molecule has 0 radical (unpaired) electrons. The van der Waals surface area contributed by atoms with E-state index in [0.29, 0.717) is 0 Å². The van der Waals surface area contributed by atoms with Crippen molar-refractivity contribution in [1.82, 2.24) is 0 Å². The summed E-state index contributed by atoms with van der Waals surface area (Å²) < 4.78 is 53.9. The number of halogens is 5. The van der Waals surface area contributed by atoms with Crippen LogP contribution in [0.15, 0.2) is 46.9 Å². The predicted molar refractivity (Wildman–Crippen MR) is 70.7 cm³/mol. The molecule has 2 aromatic carbocycles. The Morgan fingerprint density at radius 3 is 2.38 bits per heavy atom. The molecule has 0 unspecified atom stereocenters. The number of para-hydroxylation sites is 1. The van der Waals surface area contributed by atoms with E-state index in [2.05, 4.69) is 20.7 Å². The number of alkyl halides is 3. The van der Waals surface area contributed by atoms with Crippen LogP contribution in [0.1, 0.15) is 15.9 Å². The summed E-state index contributed by atoms with van der Waals surface area (Å²) in [7, 11) is 0. The van der Waals surface area contributed by atoms with Gasteiger partial charge >= 0.3 is 6.36 Å². The summed E-state index contributed by atoms with van der Waals surface area (Å²) in [6, 6.07) is 8.41. The van der Waals surface area contributed by atoms with Crippen molar-refractivity contribution >= 4 is 21.7 Å². The lowest BCUT2D eigenvalue weighted by Crippen LogP contribution is -2.19. The van der Waals surface area contributed by atoms with Crippen molar-refractivity contribution in [2.24, 2.45) is 0 Å². The third-order valence-electron chi connectivity index (χ3n) is 2.54. The topological polar surface area (TPSA) is 26.3 Å². The molecule has 0 aliphatic carbocycles. The van der Waals surface area contributed by atoms with E-state index in [1.807, 2.05) is 0 Å². The highest BCUT2D eigenvalue weighted by atomic mass is 79.9. The molecule has 0 amide bonds. The first kappa shape index (κ1) is 15.5. The molecule has 0 aromatic heterocycles. The summed E-state index contributed by atoms with van der Waals surface area (Å²) in [4.78, 5) is 12.2. The Kier molecular flexibility index (Phi) is 4.32. The highest BCUT2D eigenvalue weighted by Gasteiger charge is 2.33. The van der Waals surface area contributed by atoms with Gasteiger partial charge in [0.25, 0.3) is 0 Å². The third kappa shape index (κ3) is 3.81. The second kappa shape index (κ2) is 5.85. The molecule has 0 N–H and O–H groups in total. The molecular weight excluding hydrogens is 356 g/mol. The van der Waals surface area contributed by atoms with E-state index in [1.165, 1.54) is 30.3 Å². The maximum Gasteiger partial charge on any atom is 0.573 e. The first-order valence-electron chi connectivity index (χ1n) is 5.62. The summed E-state index contributed by atoms with van der Waals surface area (Å²) in [5, 5.41) is 0. The van der Waals surface area contributed by atoms with Gasteiger partial charge in [0.2, 0.25) is 0 Å². The van der Waals surface area contributed by atoms with Gasteiger partial charge in [-0.25, -0.2) is 4.39 Å². The molecule has 0 saturated heterocycles. The average molecular weight is 363 g/mol. The number of carbonyl (C=O) groups excluding carboxylic acids is 1. The fraction of sp³-hybridized carbons (Fsp3) is 0.0714. The number of rotatable bonds is 3. The molecule has 0 saturated carbocycles. The van der Waals surface area contributed by atoms with Crippen molar-refractivity contribution in [3.63, 3.8) is 0 Å². The number of hydrogen-bond acceptors (Lipinski definition) is 2. The maximum absolute atomic E-state index is 13.1. The zero-order valence-electron chi connectivity index (χ0n) is 10.2. The van der Waals surface area contributed by atoms with Crippen LogP contribution in [-0.4, -0.2) is 12.1 Å². The summed E-state index contributed by atoms with van der Waals surface area (Å²) in [6.45, 7) is 0. The second-order valence-electron chi connectivity index (χ2n) is 4.00. The first-order valence-corrected chi connectivity index (χ1v) is 6.42. The Bertz CT molecular complexity index is 683. The molecule has 2 rings (SSSR count). The van der Waals surface area contributed by atoms with Gasteiger partial charge in [-0.05, 0) is 46.3 Å². The Hall–Kier alpha value is -1.89. The summed E-state index contributed by atoms with van der Waals surface area (Å²) >= 11 is 2.92. The minimum absolute atomic E-state index is 0.0431. The van der Waals surface area contributed by atoms with Crippen molar-refractivity contribution < 1.29 is 27.1 Å². The highest BCUT2D eigenvalue weighted by molar-refractivity contribution is 9.10. The number of ether oxygens (including phenoxy) is 1. The highest BCUT2D eigenvalue weighted by Crippen LogP contribution is 2.28. The van der Waals surface area contributed by atoms with Crippen LogP contribution < -0.4 is 4.74 Å². The van der Waals surface area contributed by atoms with Crippen molar-refractivity contribution in [3.8, 4) is 5.75 Å². The van der Waals surface area contributed by atoms with Crippen LogP contribution in [0.2, 0.25) is 0 Å². The maximum atomic E-state index is 13.1. The van der Waals surface area contributed by atoms with Gasteiger partial charge in [-0.3, -0.25) is 4.79 Å².